The molecule has 5 nitrogen and oxygen atoms in total. The van der Waals surface area contributed by atoms with E-state index < -0.39 is 0 Å². The van der Waals surface area contributed by atoms with E-state index in [-0.39, 0.29) is 12.0 Å². The first-order valence-electron chi connectivity index (χ1n) is 6.95. The van der Waals surface area contributed by atoms with E-state index in [1.165, 1.54) is 0 Å². The van der Waals surface area contributed by atoms with Crippen LogP contribution >= 0.6 is 0 Å². The Kier molecular flexibility index (Phi) is 3.83. The highest BCUT2D eigenvalue weighted by Crippen LogP contribution is 2.29. The van der Waals surface area contributed by atoms with Crippen molar-refractivity contribution in [2.24, 2.45) is 5.73 Å². The number of pyridine rings is 1. The van der Waals surface area contributed by atoms with Crippen molar-refractivity contribution in [2.75, 3.05) is 11.9 Å². The van der Waals surface area contributed by atoms with E-state index in [0.717, 1.165) is 29.0 Å². The summed E-state index contributed by atoms with van der Waals surface area (Å²) in [4.78, 5) is 15.4. The average Bonchev–Trinajstić information content (AvgIpc) is 2.53. The van der Waals surface area contributed by atoms with Crippen molar-refractivity contribution in [1.82, 2.24) is 4.98 Å². The highest BCUT2D eigenvalue weighted by molar-refractivity contribution is 5.93. The van der Waals surface area contributed by atoms with Crippen LogP contribution in [0.2, 0.25) is 0 Å². The molecule has 1 amide bonds. The Morgan fingerprint density at radius 1 is 1.24 bits per heavy atom. The van der Waals surface area contributed by atoms with Crippen LogP contribution in [0.25, 0.3) is 0 Å². The third-order valence-corrected chi connectivity index (χ3v) is 3.54. The van der Waals surface area contributed by atoms with E-state index in [9.17, 15) is 4.79 Å². The number of benzene rings is 1. The lowest BCUT2D eigenvalue weighted by Crippen LogP contribution is -2.20. The van der Waals surface area contributed by atoms with Crippen molar-refractivity contribution in [3.63, 3.8) is 0 Å². The Balaban J connectivity index is 1.80. The minimum Gasteiger partial charge on any atom is -0.484 e. The molecule has 5 heteroatoms. The molecule has 0 saturated carbocycles. The number of ether oxygens (including phenoxy) is 1. The first-order chi connectivity index (χ1) is 10.3. The number of hydrogen-bond acceptors (Lipinski definition) is 4. The number of amides is 1. The zero-order valence-electron chi connectivity index (χ0n) is 11.6. The van der Waals surface area contributed by atoms with Gasteiger partial charge in [0.2, 0.25) is 5.91 Å². The van der Waals surface area contributed by atoms with Gasteiger partial charge in [0.05, 0.1) is 0 Å². The second kappa shape index (κ2) is 5.93. The van der Waals surface area contributed by atoms with Gasteiger partial charge in [-0.25, -0.2) is 0 Å². The predicted molar refractivity (Wildman–Crippen MR) is 80.1 cm³/mol. The standard InChI is InChI=1S/C16H17N3O2/c17-10-15(11-5-7-18-8-6-11)21-13-2-3-14-12(9-13)1-4-16(20)19-14/h2-3,5-9,15H,1,4,10,17H2,(H,19,20). The van der Waals surface area contributed by atoms with Crippen LogP contribution in [0.15, 0.2) is 42.7 Å². The lowest BCUT2D eigenvalue weighted by molar-refractivity contribution is -0.116. The zero-order valence-corrected chi connectivity index (χ0v) is 11.6. The fourth-order valence-corrected chi connectivity index (χ4v) is 2.43. The normalized spacial score (nSPS) is 15.0. The van der Waals surface area contributed by atoms with Crippen molar-refractivity contribution in [3.05, 3.63) is 53.9 Å². The molecule has 3 N–H and O–H groups in total. The number of nitrogens with zero attached hydrogens (tertiary/aromatic N) is 1. The number of carbonyl (C=O) groups excluding carboxylic acids is 1. The van der Waals surface area contributed by atoms with Gasteiger partial charge >= 0.3 is 0 Å². The van der Waals surface area contributed by atoms with Gasteiger partial charge in [0.1, 0.15) is 11.9 Å². The van der Waals surface area contributed by atoms with Gasteiger partial charge in [0.25, 0.3) is 0 Å². The number of fused-ring (bicyclic) bond motifs is 1. The molecular formula is C16H17N3O2. The van der Waals surface area contributed by atoms with Gasteiger partial charge in [-0.3, -0.25) is 9.78 Å². The topological polar surface area (TPSA) is 77.2 Å². The van der Waals surface area contributed by atoms with Crippen molar-refractivity contribution < 1.29 is 9.53 Å². The molecule has 0 aliphatic carbocycles. The Hall–Kier alpha value is -2.40. The average molecular weight is 283 g/mol. The predicted octanol–water partition coefficient (Wildman–Crippen LogP) is 2.05. The van der Waals surface area contributed by atoms with E-state index in [0.29, 0.717) is 13.0 Å². The van der Waals surface area contributed by atoms with Gasteiger partial charge < -0.3 is 15.8 Å². The Morgan fingerprint density at radius 2 is 2.05 bits per heavy atom. The highest BCUT2D eigenvalue weighted by Gasteiger charge is 2.17. The van der Waals surface area contributed by atoms with E-state index in [4.69, 9.17) is 10.5 Å². The van der Waals surface area contributed by atoms with Crippen molar-refractivity contribution in [2.45, 2.75) is 18.9 Å². The Morgan fingerprint density at radius 3 is 2.81 bits per heavy atom. The second-order valence-electron chi connectivity index (χ2n) is 4.99. The molecule has 108 valence electrons. The number of carbonyl (C=O) groups is 1. The number of nitrogens with one attached hydrogen (secondary N) is 1. The van der Waals surface area contributed by atoms with Crippen LogP contribution in [0.4, 0.5) is 5.69 Å². The summed E-state index contributed by atoms with van der Waals surface area (Å²) in [5.74, 6) is 0.824. The number of aromatic nitrogens is 1. The smallest absolute Gasteiger partial charge is 0.224 e. The van der Waals surface area contributed by atoms with Crippen molar-refractivity contribution >= 4 is 11.6 Å². The summed E-state index contributed by atoms with van der Waals surface area (Å²) in [6.45, 7) is 0.387. The summed E-state index contributed by atoms with van der Waals surface area (Å²) in [6.07, 6.45) is 4.50. The third-order valence-electron chi connectivity index (χ3n) is 3.54. The van der Waals surface area contributed by atoms with Crippen molar-refractivity contribution in [3.8, 4) is 5.75 Å². The summed E-state index contributed by atoms with van der Waals surface area (Å²) in [7, 11) is 0. The monoisotopic (exact) mass is 283 g/mol. The molecular weight excluding hydrogens is 266 g/mol. The summed E-state index contributed by atoms with van der Waals surface area (Å²) < 4.78 is 5.98. The van der Waals surface area contributed by atoms with Crippen LogP contribution in [0.5, 0.6) is 5.75 Å². The SMILES string of the molecule is NCC(Oc1ccc2c(c1)CCC(=O)N2)c1ccncc1. The molecule has 2 aromatic rings. The molecule has 2 heterocycles. The number of nitrogens with two attached hydrogens (primary N) is 1. The largest absolute Gasteiger partial charge is 0.484 e. The fourth-order valence-electron chi connectivity index (χ4n) is 2.43. The van der Waals surface area contributed by atoms with Gasteiger partial charge in [-0.2, -0.15) is 0 Å². The van der Waals surface area contributed by atoms with E-state index >= 15 is 0 Å². The van der Waals surface area contributed by atoms with Gasteiger partial charge in [-0.05, 0) is 47.9 Å². The van der Waals surface area contributed by atoms with Crippen LogP contribution in [-0.2, 0) is 11.2 Å². The molecule has 1 aromatic heterocycles. The molecule has 1 unspecified atom stereocenters. The van der Waals surface area contributed by atoms with E-state index in [1.807, 2.05) is 30.3 Å². The van der Waals surface area contributed by atoms with Crippen LogP contribution < -0.4 is 15.8 Å². The first kappa shape index (κ1) is 13.6. The highest BCUT2D eigenvalue weighted by atomic mass is 16.5. The lowest BCUT2D eigenvalue weighted by atomic mass is 10.0. The molecule has 1 atom stereocenters. The molecule has 1 aliphatic heterocycles. The quantitative estimate of drug-likeness (QED) is 0.900. The van der Waals surface area contributed by atoms with Crippen LogP contribution in [-0.4, -0.2) is 17.4 Å². The number of aryl methyl sites for hydroxylation is 1. The van der Waals surface area contributed by atoms with E-state index in [2.05, 4.69) is 10.3 Å². The maximum Gasteiger partial charge on any atom is 0.224 e. The van der Waals surface area contributed by atoms with Gasteiger partial charge in [-0.15, -0.1) is 0 Å². The molecule has 3 rings (SSSR count). The van der Waals surface area contributed by atoms with Crippen LogP contribution in [0.3, 0.4) is 0 Å². The molecule has 1 aromatic carbocycles. The zero-order chi connectivity index (χ0) is 14.7. The molecule has 0 radical (unpaired) electrons. The fraction of sp³-hybridized carbons (Fsp3) is 0.250. The number of rotatable bonds is 4. The number of hydrogen-bond donors (Lipinski definition) is 2. The van der Waals surface area contributed by atoms with Gasteiger partial charge in [0, 0.05) is 31.0 Å². The summed E-state index contributed by atoms with van der Waals surface area (Å²) >= 11 is 0. The van der Waals surface area contributed by atoms with E-state index in [1.54, 1.807) is 12.4 Å². The minimum absolute atomic E-state index is 0.0628. The van der Waals surface area contributed by atoms with Gasteiger partial charge in [-0.1, -0.05) is 0 Å². The summed E-state index contributed by atoms with van der Waals surface area (Å²) in [5.41, 5.74) is 8.77. The molecule has 0 fully saturated rings. The number of anilines is 1. The summed E-state index contributed by atoms with van der Waals surface area (Å²) in [6, 6.07) is 9.50. The maximum atomic E-state index is 11.4. The Labute approximate surface area is 123 Å². The Bertz CT molecular complexity index is 643. The second-order valence-corrected chi connectivity index (χ2v) is 4.99. The lowest BCUT2D eigenvalue weighted by Gasteiger charge is -2.21. The molecule has 0 bridgehead atoms. The van der Waals surface area contributed by atoms with Crippen LogP contribution in [0, 0.1) is 0 Å². The minimum atomic E-state index is -0.204. The molecule has 0 saturated heterocycles. The molecule has 21 heavy (non-hydrogen) atoms. The third kappa shape index (κ3) is 3.03. The summed E-state index contributed by atoms with van der Waals surface area (Å²) in [5, 5.41) is 2.86. The molecule has 0 spiro atoms. The van der Waals surface area contributed by atoms with Gasteiger partial charge in [0.15, 0.2) is 0 Å². The van der Waals surface area contributed by atoms with Crippen molar-refractivity contribution in [1.29, 1.82) is 0 Å². The molecule has 1 aliphatic rings. The maximum absolute atomic E-state index is 11.4. The first-order valence-corrected chi connectivity index (χ1v) is 6.95. The van der Waals surface area contributed by atoms with Crippen LogP contribution in [0.1, 0.15) is 23.7 Å².